The van der Waals surface area contributed by atoms with Crippen LogP contribution in [0.25, 0.3) is 0 Å². The number of benzene rings is 2. The molecular formula is C29H30F2N4O4S. The van der Waals surface area contributed by atoms with E-state index >= 15 is 0 Å². The minimum absolute atomic E-state index is 0.0902. The van der Waals surface area contributed by atoms with Crippen LogP contribution in [0.1, 0.15) is 44.2 Å². The Labute approximate surface area is 235 Å². The summed E-state index contributed by atoms with van der Waals surface area (Å²) in [6.07, 6.45) is -0.386. The fourth-order valence-corrected chi connectivity index (χ4v) is 5.51. The van der Waals surface area contributed by atoms with Gasteiger partial charge in [0, 0.05) is 23.0 Å². The Kier molecular flexibility index (Phi) is 8.63. The molecule has 2 aromatic carbocycles. The molecule has 0 bridgehead atoms. The number of carbonyl (C=O) groups is 4. The SMILES string of the molecule is CC(C)N1C(=O)C(NC(=O)C(NC(=O)Cc2cc(F)cc(F)c2)c2cccs2)C(=O)N(C(C)C)c2ccccc21. The maximum absolute atomic E-state index is 13.8. The quantitative estimate of drug-likeness (QED) is 0.400. The van der Waals surface area contributed by atoms with Gasteiger partial charge in [0.15, 0.2) is 6.04 Å². The first-order valence-corrected chi connectivity index (χ1v) is 13.7. The van der Waals surface area contributed by atoms with Crippen molar-refractivity contribution in [3.8, 4) is 0 Å². The third kappa shape index (κ3) is 6.04. The monoisotopic (exact) mass is 568 g/mol. The summed E-state index contributed by atoms with van der Waals surface area (Å²) in [4.78, 5) is 57.6. The molecule has 210 valence electrons. The van der Waals surface area contributed by atoms with E-state index in [1.807, 2.05) is 27.7 Å². The number of hydrogen-bond donors (Lipinski definition) is 2. The molecule has 1 atom stereocenters. The summed E-state index contributed by atoms with van der Waals surface area (Å²) in [6.45, 7) is 7.25. The first-order chi connectivity index (χ1) is 19.0. The van der Waals surface area contributed by atoms with E-state index in [0.29, 0.717) is 22.3 Å². The van der Waals surface area contributed by atoms with Crippen molar-refractivity contribution in [2.24, 2.45) is 0 Å². The Bertz CT molecular complexity index is 1360. The zero-order valence-corrected chi connectivity index (χ0v) is 23.3. The Morgan fingerprint density at radius 2 is 1.43 bits per heavy atom. The smallest absolute Gasteiger partial charge is 0.259 e. The molecule has 0 spiro atoms. The number of hydrogen-bond acceptors (Lipinski definition) is 5. The molecule has 0 saturated heterocycles. The maximum Gasteiger partial charge on any atom is 0.259 e. The summed E-state index contributed by atoms with van der Waals surface area (Å²) in [5.41, 5.74) is 1.19. The normalized spacial score (nSPS) is 14.8. The number of para-hydroxylation sites is 2. The lowest BCUT2D eigenvalue weighted by Crippen LogP contribution is -2.59. The van der Waals surface area contributed by atoms with E-state index in [9.17, 15) is 28.0 Å². The average Bonchev–Trinajstić information content (AvgIpc) is 3.37. The molecule has 1 unspecified atom stereocenters. The second-order valence-corrected chi connectivity index (χ2v) is 11.0. The molecule has 3 aromatic rings. The van der Waals surface area contributed by atoms with E-state index in [1.165, 1.54) is 21.1 Å². The fourth-order valence-electron chi connectivity index (χ4n) is 4.74. The minimum Gasteiger partial charge on any atom is -0.340 e. The molecule has 8 nitrogen and oxygen atoms in total. The van der Waals surface area contributed by atoms with Crippen LogP contribution in [0.5, 0.6) is 0 Å². The van der Waals surface area contributed by atoms with Crippen molar-refractivity contribution in [3.63, 3.8) is 0 Å². The largest absolute Gasteiger partial charge is 0.340 e. The highest BCUT2D eigenvalue weighted by Gasteiger charge is 2.43. The highest BCUT2D eigenvalue weighted by molar-refractivity contribution is 7.10. The zero-order chi connectivity index (χ0) is 29.1. The number of amides is 4. The number of thiophene rings is 1. The third-order valence-electron chi connectivity index (χ3n) is 6.37. The minimum atomic E-state index is -1.55. The summed E-state index contributed by atoms with van der Waals surface area (Å²) in [6, 6.07) is 9.68. The molecule has 2 heterocycles. The van der Waals surface area contributed by atoms with Gasteiger partial charge in [-0.15, -0.1) is 11.3 Å². The molecule has 11 heteroatoms. The Hall–Kier alpha value is -4.12. The van der Waals surface area contributed by atoms with Gasteiger partial charge in [0.1, 0.15) is 17.7 Å². The van der Waals surface area contributed by atoms with Gasteiger partial charge in [-0.05, 0) is 69.0 Å². The van der Waals surface area contributed by atoms with Crippen molar-refractivity contribution in [3.05, 3.63) is 82.1 Å². The lowest BCUT2D eigenvalue weighted by molar-refractivity contribution is -0.135. The van der Waals surface area contributed by atoms with Gasteiger partial charge >= 0.3 is 0 Å². The first-order valence-electron chi connectivity index (χ1n) is 12.8. The molecule has 1 aliphatic heterocycles. The highest BCUT2D eigenvalue weighted by Crippen LogP contribution is 2.36. The molecule has 0 saturated carbocycles. The van der Waals surface area contributed by atoms with Crippen LogP contribution in [0.15, 0.2) is 60.0 Å². The molecule has 4 amide bonds. The van der Waals surface area contributed by atoms with Crippen LogP contribution in [0.4, 0.5) is 20.2 Å². The number of carbonyl (C=O) groups excluding carboxylic acids is 4. The molecule has 40 heavy (non-hydrogen) atoms. The third-order valence-corrected chi connectivity index (χ3v) is 7.31. The van der Waals surface area contributed by atoms with Crippen LogP contribution in [0, 0.1) is 11.6 Å². The number of halogens is 2. The van der Waals surface area contributed by atoms with Gasteiger partial charge in [-0.2, -0.15) is 0 Å². The number of anilines is 2. The van der Waals surface area contributed by atoms with Gasteiger partial charge in [0.2, 0.25) is 11.8 Å². The predicted molar refractivity (Wildman–Crippen MR) is 149 cm³/mol. The predicted octanol–water partition coefficient (Wildman–Crippen LogP) is 4.11. The second-order valence-electron chi connectivity index (χ2n) is 10.0. The molecule has 0 aliphatic carbocycles. The van der Waals surface area contributed by atoms with Gasteiger partial charge in [-0.3, -0.25) is 19.2 Å². The topological polar surface area (TPSA) is 98.8 Å². The number of fused-ring (bicyclic) bond motifs is 1. The van der Waals surface area contributed by atoms with Crippen LogP contribution < -0.4 is 20.4 Å². The molecule has 1 aliphatic rings. The number of rotatable bonds is 8. The summed E-state index contributed by atoms with van der Waals surface area (Å²) in [5, 5.41) is 6.89. The summed E-state index contributed by atoms with van der Waals surface area (Å²) in [7, 11) is 0. The van der Waals surface area contributed by atoms with Crippen LogP contribution in [-0.4, -0.2) is 41.8 Å². The number of nitrogens with zero attached hydrogens (tertiary/aromatic N) is 2. The van der Waals surface area contributed by atoms with Gasteiger partial charge in [0.25, 0.3) is 11.8 Å². The van der Waals surface area contributed by atoms with E-state index in [1.54, 1.807) is 41.8 Å². The van der Waals surface area contributed by atoms with Crippen molar-refractivity contribution in [1.29, 1.82) is 0 Å². The van der Waals surface area contributed by atoms with Crippen molar-refractivity contribution in [1.82, 2.24) is 10.6 Å². The zero-order valence-electron chi connectivity index (χ0n) is 22.5. The lowest BCUT2D eigenvalue weighted by atomic mass is 10.1. The molecular weight excluding hydrogens is 538 g/mol. The molecule has 1 aromatic heterocycles. The van der Waals surface area contributed by atoms with E-state index in [-0.39, 0.29) is 24.1 Å². The number of nitrogens with one attached hydrogen (secondary N) is 2. The summed E-state index contributed by atoms with van der Waals surface area (Å²) in [5.74, 6) is -4.30. The summed E-state index contributed by atoms with van der Waals surface area (Å²) >= 11 is 1.19. The molecule has 4 rings (SSSR count). The molecule has 0 fully saturated rings. The van der Waals surface area contributed by atoms with Crippen molar-refractivity contribution in [2.45, 2.75) is 58.3 Å². The van der Waals surface area contributed by atoms with Gasteiger partial charge in [-0.1, -0.05) is 18.2 Å². The lowest BCUT2D eigenvalue weighted by Gasteiger charge is -2.29. The Balaban J connectivity index is 1.64. The van der Waals surface area contributed by atoms with Gasteiger partial charge < -0.3 is 20.4 Å². The Morgan fingerprint density at radius 3 is 1.90 bits per heavy atom. The van der Waals surface area contributed by atoms with Crippen LogP contribution in [-0.2, 0) is 25.6 Å². The van der Waals surface area contributed by atoms with Crippen LogP contribution >= 0.6 is 11.3 Å². The van der Waals surface area contributed by atoms with Crippen molar-refractivity contribution in [2.75, 3.05) is 9.80 Å². The van der Waals surface area contributed by atoms with E-state index < -0.39 is 47.3 Å². The summed E-state index contributed by atoms with van der Waals surface area (Å²) < 4.78 is 27.3. The highest BCUT2D eigenvalue weighted by atomic mass is 32.1. The first kappa shape index (κ1) is 28.9. The van der Waals surface area contributed by atoms with E-state index in [0.717, 1.165) is 12.1 Å². The second kappa shape index (κ2) is 12.0. The van der Waals surface area contributed by atoms with Gasteiger partial charge in [-0.25, -0.2) is 8.78 Å². The standard InChI is InChI=1S/C29H30F2N4O4S/c1-16(2)34-21-8-5-6-9-22(21)35(17(3)4)29(39)26(28(34)38)33-27(37)25(23-10-7-11-40-23)32-24(36)14-18-12-19(30)15-20(31)13-18/h5-13,15-17,25-26H,14H2,1-4H3,(H,32,36)(H,33,37). The van der Waals surface area contributed by atoms with Crippen LogP contribution in [0.3, 0.4) is 0 Å². The van der Waals surface area contributed by atoms with Crippen LogP contribution in [0.2, 0.25) is 0 Å². The van der Waals surface area contributed by atoms with Gasteiger partial charge in [0.05, 0.1) is 17.8 Å². The molecule has 2 N–H and O–H groups in total. The van der Waals surface area contributed by atoms with Crippen molar-refractivity contribution >= 4 is 46.3 Å². The molecule has 0 radical (unpaired) electrons. The fraction of sp³-hybridized carbons (Fsp3) is 0.310. The van der Waals surface area contributed by atoms with E-state index in [4.69, 9.17) is 0 Å². The van der Waals surface area contributed by atoms with E-state index in [2.05, 4.69) is 10.6 Å². The average molecular weight is 569 g/mol. The maximum atomic E-state index is 13.8. The van der Waals surface area contributed by atoms with Crippen molar-refractivity contribution < 1.29 is 28.0 Å². The Morgan fingerprint density at radius 1 is 0.875 bits per heavy atom.